The quantitative estimate of drug-likeness (QED) is 0.928. The topological polar surface area (TPSA) is 47.1 Å². The lowest BCUT2D eigenvalue weighted by Gasteiger charge is -2.19. The molecule has 4 heteroatoms. The highest BCUT2D eigenvalue weighted by Gasteiger charge is 2.29. The molecule has 1 fully saturated rings. The van der Waals surface area contributed by atoms with Crippen LogP contribution in [0.3, 0.4) is 0 Å². The lowest BCUT2D eigenvalue weighted by Crippen LogP contribution is -2.20. The predicted octanol–water partition coefficient (Wildman–Crippen LogP) is 2.04. The molecular weight excluding hydrogens is 248 g/mol. The number of hydrogen-bond donors (Lipinski definition) is 1. The van der Waals surface area contributed by atoms with Crippen molar-refractivity contribution in [3.05, 3.63) is 42.2 Å². The van der Waals surface area contributed by atoms with Gasteiger partial charge in [0.25, 0.3) is 0 Å². The number of rotatable bonds is 3. The molecule has 0 spiro atoms. The summed E-state index contributed by atoms with van der Waals surface area (Å²) in [7, 11) is 4.21. The van der Waals surface area contributed by atoms with Crippen LogP contribution in [-0.2, 0) is 7.05 Å². The summed E-state index contributed by atoms with van der Waals surface area (Å²) in [5.41, 5.74) is 8.34. The second kappa shape index (κ2) is 5.38. The maximum absolute atomic E-state index is 5.80. The van der Waals surface area contributed by atoms with E-state index in [4.69, 9.17) is 5.73 Å². The van der Waals surface area contributed by atoms with Crippen molar-refractivity contribution < 1.29 is 0 Å². The fraction of sp³-hybridized carbons (Fsp3) is 0.438. The Bertz CT molecular complexity index is 572. The van der Waals surface area contributed by atoms with Gasteiger partial charge in [0.2, 0.25) is 0 Å². The first-order chi connectivity index (χ1) is 9.69. The highest BCUT2D eigenvalue weighted by Crippen LogP contribution is 2.34. The van der Waals surface area contributed by atoms with Crippen molar-refractivity contribution >= 4 is 0 Å². The van der Waals surface area contributed by atoms with E-state index in [1.807, 2.05) is 24.0 Å². The van der Waals surface area contributed by atoms with Crippen LogP contribution in [0.15, 0.2) is 36.7 Å². The van der Waals surface area contributed by atoms with E-state index in [-0.39, 0.29) is 0 Å². The average molecular weight is 270 g/mol. The van der Waals surface area contributed by atoms with Gasteiger partial charge in [-0.15, -0.1) is 0 Å². The average Bonchev–Trinajstić information content (AvgIpc) is 3.05. The van der Waals surface area contributed by atoms with E-state index in [0.717, 1.165) is 30.9 Å². The molecule has 1 aliphatic rings. The fourth-order valence-electron chi connectivity index (χ4n) is 3.16. The molecule has 106 valence electrons. The SMILES string of the molecule is CN1CC(CN)CC1c1ccc(-c2nccn2C)cc1. The fourth-order valence-corrected chi connectivity index (χ4v) is 3.16. The van der Waals surface area contributed by atoms with Crippen LogP contribution in [0.5, 0.6) is 0 Å². The Balaban J connectivity index is 1.82. The van der Waals surface area contributed by atoms with Crippen LogP contribution in [-0.4, -0.2) is 34.6 Å². The predicted molar refractivity (Wildman–Crippen MR) is 81.2 cm³/mol. The maximum Gasteiger partial charge on any atom is 0.139 e. The minimum atomic E-state index is 0.499. The molecule has 2 unspecified atom stereocenters. The number of nitrogens with two attached hydrogens (primary N) is 1. The summed E-state index contributed by atoms with van der Waals surface area (Å²) in [5, 5.41) is 0. The van der Waals surface area contributed by atoms with Crippen LogP contribution in [0.4, 0.5) is 0 Å². The summed E-state index contributed by atoms with van der Waals surface area (Å²) in [6, 6.07) is 9.29. The van der Waals surface area contributed by atoms with Crippen LogP contribution in [0.1, 0.15) is 18.0 Å². The van der Waals surface area contributed by atoms with E-state index in [2.05, 4.69) is 41.2 Å². The smallest absolute Gasteiger partial charge is 0.139 e. The van der Waals surface area contributed by atoms with E-state index in [1.165, 1.54) is 5.56 Å². The van der Waals surface area contributed by atoms with Crippen LogP contribution >= 0.6 is 0 Å². The van der Waals surface area contributed by atoms with Crippen molar-refractivity contribution in [3.8, 4) is 11.4 Å². The Hall–Kier alpha value is -1.65. The molecule has 0 amide bonds. The third-order valence-corrected chi connectivity index (χ3v) is 4.34. The molecule has 20 heavy (non-hydrogen) atoms. The molecule has 1 aromatic carbocycles. The Kier molecular flexibility index (Phi) is 3.59. The first-order valence-corrected chi connectivity index (χ1v) is 7.17. The highest BCUT2D eigenvalue weighted by atomic mass is 15.2. The standard InChI is InChI=1S/C16H22N4/c1-19-8-7-18-16(19)14-5-3-13(4-6-14)15-9-12(10-17)11-20(15)2/h3-8,12,15H,9-11,17H2,1-2H3. The van der Waals surface area contributed by atoms with E-state index in [1.54, 1.807) is 0 Å². The van der Waals surface area contributed by atoms with Gasteiger partial charge in [-0.25, -0.2) is 4.98 Å². The molecule has 2 aromatic rings. The van der Waals surface area contributed by atoms with E-state index in [0.29, 0.717) is 12.0 Å². The van der Waals surface area contributed by atoms with Crippen molar-refractivity contribution in [2.24, 2.45) is 18.7 Å². The van der Waals surface area contributed by atoms with E-state index < -0.39 is 0 Å². The molecule has 0 aliphatic carbocycles. The summed E-state index contributed by atoms with van der Waals surface area (Å²) in [6.07, 6.45) is 4.97. The lowest BCUT2D eigenvalue weighted by molar-refractivity contribution is 0.313. The lowest BCUT2D eigenvalue weighted by atomic mass is 9.99. The third-order valence-electron chi connectivity index (χ3n) is 4.34. The molecule has 4 nitrogen and oxygen atoms in total. The van der Waals surface area contributed by atoms with Crippen molar-refractivity contribution in [3.63, 3.8) is 0 Å². The van der Waals surface area contributed by atoms with E-state index in [9.17, 15) is 0 Å². The first-order valence-electron chi connectivity index (χ1n) is 7.17. The van der Waals surface area contributed by atoms with Crippen LogP contribution < -0.4 is 5.73 Å². The summed E-state index contributed by atoms with van der Waals surface area (Å²) >= 11 is 0. The van der Waals surface area contributed by atoms with Crippen molar-refractivity contribution in [1.82, 2.24) is 14.5 Å². The minimum Gasteiger partial charge on any atom is -0.334 e. The van der Waals surface area contributed by atoms with Crippen molar-refractivity contribution in [2.75, 3.05) is 20.1 Å². The molecule has 3 rings (SSSR count). The van der Waals surface area contributed by atoms with E-state index >= 15 is 0 Å². The number of aryl methyl sites for hydroxylation is 1. The number of nitrogens with zero attached hydrogens (tertiary/aromatic N) is 3. The molecule has 0 bridgehead atoms. The molecule has 2 heterocycles. The van der Waals surface area contributed by atoms with Crippen LogP contribution in [0.2, 0.25) is 0 Å². The number of imidazole rings is 1. The van der Waals surface area contributed by atoms with Gasteiger partial charge in [-0.3, -0.25) is 4.90 Å². The Morgan fingerprint density at radius 1 is 1.25 bits per heavy atom. The van der Waals surface area contributed by atoms with Gasteiger partial charge in [-0.1, -0.05) is 24.3 Å². The Labute approximate surface area is 120 Å². The normalized spacial score (nSPS) is 23.4. The summed E-state index contributed by atoms with van der Waals surface area (Å²) < 4.78 is 2.04. The van der Waals surface area contributed by atoms with Gasteiger partial charge >= 0.3 is 0 Å². The van der Waals surface area contributed by atoms with Crippen molar-refractivity contribution in [2.45, 2.75) is 12.5 Å². The zero-order valence-corrected chi connectivity index (χ0v) is 12.2. The monoisotopic (exact) mass is 270 g/mol. The zero-order chi connectivity index (χ0) is 14.1. The van der Waals surface area contributed by atoms with Gasteiger partial charge in [0, 0.05) is 37.6 Å². The van der Waals surface area contributed by atoms with Crippen LogP contribution in [0, 0.1) is 5.92 Å². The molecule has 2 atom stereocenters. The van der Waals surface area contributed by atoms with Gasteiger partial charge in [-0.05, 0) is 31.5 Å². The number of benzene rings is 1. The summed E-state index contributed by atoms with van der Waals surface area (Å²) in [5.74, 6) is 1.63. The summed E-state index contributed by atoms with van der Waals surface area (Å²) in [6.45, 7) is 1.88. The molecule has 0 saturated carbocycles. The van der Waals surface area contributed by atoms with Crippen LogP contribution in [0.25, 0.3) is 11.4 Å². The van der Waals surface area contributed by atoms with Gasteiger partial charge < -0.3 is 10.3 Å². The Morgan fingerprint density at radius 3 is 2.55 bits per heavy atom. The maximum atomic E-state index is 5.80. The van der Waals surface area contributed by atoms with Gasteiger partial charge in [0.1, 0.15) is 5.82 Å². The Morgan fingerprint density at radius 2 is 2.00 bits per heavy atom. The molecule has 2 N–H and O–H groups in total. The number of likely N-dealkylation sites (tertiary alicyclic amines) is 1. The number of aromatic nitrogens is 2. The minimum absolute atomic E-state index is 0.499. The molecule has 1 aromatic heterocycles. The molecular formula is C16H22N4. The third kappa shape index (κ3) is 2.37. The van der Waals surface area contributed by atoms with Gasteiger partial charge in [0.15, 0.2) is 0 Å². The van der Waals surface area contributed by atoms with Crippen molar-refractivity contribution in [1.29, 1.82) is 0 Å². The van der Waals surface area contributed by atoms with Gasteiger partial charge in [0.05, 0.1) is 0 Å². The molecule has 1 saturated heterocycles. The second-order valence-corrected chi connectivity index (χ2v) is 5.78. The number of hydrogen-bond acceptors (Lipinski definition) is 3. The largest absolute Gasteiger partial charge is 0.334 e. The highest BCUT2D eigenvalue weighted by molar-refractivity contribution is 5.56. The molecule has 0 radical (unpaired) electrons. The first kappa shape index (κ1) is 13.3. The van der Waals surface area contributed by atoms with Gasteiger partial charge in [-0.2, -0.15) is 0 Å². The summed E-state index contributed by atoms with van der Waals surface area (Å²) in [4.78, 5) is 6.80. The molecule has 1 aliphatic heterocycles. The second-order valence-electron chi connectivity index (χ2n) is 5.78. The zero-order valence-electron chi connectivity index (χ0n) is 12.2.